The predicted molar refractivity (Wildman–Crippen MR) is 89.7 cm³/mol. The zero-order valence-corrected chi connectivity index (χ0v) is 14.5. The molecule has 0 saturated carbocycles. The highest BCUT2D eigenvalue weighted by Gasteiger charge is 2.36. The Balaban J connectivity index is 1.53. The Bertz CT molecular complexity index is 740. The van der Waals surface area contributed by atoms with Crippen LogP contribution in [0, 0.1) is 12.8 Å². The van der Waals surface area contributed by atoms with Crippen molar-refractivity contribution in [1.82, 2.24) is 25.3 Å². The average Bonchev–Trinajstić information content (AvgIpc) is 3.27. The van der Waals surface area contributed by atoms with Crippen LogP contribution in [0.1, 0.15) is 24.0 Å². The summed E-state index contributed by atoms with van der Waals surface area (Å²) in [6.07, 6.45) is 2.74. The van der Waals surface area contributed by atoms with Crippen LogP contribution >= 0.6 is 11.3 Å². The highest BCUT2D eigenvalue weighted by atomic mass is 32.1. The standard InChI is InChI=1S/C15H20N6O2S/c1-3-12-18-19-15(24-12)20-9-11(8-13(20)22)14(23)16-6-7-21-10(2)4-5-17-21/h4-5,11H,3,6-9H2,1-2H3,(H,16,23). The van der Waals surface area contributed by atoms with E-state index in [2.05, 4.69) is 20.6 Å². The number of aromatic nitrogens is 4. The van der Waals surface area contributed by atoms with E-state index in [4.69, 9.17) is 0 Å². The van der Waals surface area contributed by atoms with Crippen molar-refractivity contribution in [3.63, 3.8) is 0 Å². The number of carbonyl (C=O) groups excluding carboxylic acids is 2. The summed E-state index contributed by atoms with van der Waals surface area (Å²) >= 11 is 1.40. The first-order chi connectivity index (χ1) is 11.6. The Kier molecular flexibility index (Phi) is 4.89. The monoisotopic (exact) mass is 348 g/mol. The van der Waals surface area contributed by atoms with Gasteiger partial charge in [0.2, 0.25) is 16.9 Å². The van der Waals surface area contributed by atoms with E-state index < -0.39 is 0 Å². The van der Waals surface area contributed by atoms with Crippen LogP contribution in [-0.4, -0.2) is 44.9 Å². The van der Waals surface area contributed by atoms with Gasteiger partial charge >= 0.3 is 0 Å². The van der Waals surface area contributed by atoms with Gasteiger partial charge in [0.25, 0.3) is 0 Å². The highest BCUT2D eigenvalue weighted by molar-refractivity contribution is 7.15. The molecule has 24 heavy (non-hydrogen) atoms. The molecule has 128 valence electrons. The van der Waals surface area contributed by atoms with Crippen LogP contribution in [-0.2, 0) is 22.6 Å². The molecule has 0 aromatic carbocycles. The Morgan fingerprint density at radius 3 is 2.96 bits per heavy atom. The number of nitrogens with one attached hydrogen (secondary N) is 1. The minimum absolute atomic E-state index is 0.0723. The lowest BCUT2D eigenvalue weighted by Gasteiger charge is -2.13. The number of aryl methyl sites for hydroxylation is 2. The first kappa shape index (κ1) is 16.6. The van der Waals surface area contributed by atoms with Crippen LogP contribution in [0.4, 0.5) is 5.13 Å². The fourth-order valence-corrected chi connectivity index (χ4v) is 3.43. The minimum atomic E-state index is -0.342. The Labute approximate surface area is 143 Å². The third-order valence-electron chi connectivity index (χ3n) is 4.04. The van der Waals surface area contributed by atoms with E-state index in [1.165, 1.54) is 11.3 Å². The molecule has 0 bridgehead atoms. The Morgan fingerprint density at radius 2 is 2.29 bits per heavy atom. The van der Waals surface area contributed by atoms with E-state index >= 15 is 0 Å². The molecule has 1 atom stereocenters. The van der Waals surface area contributed by atoms with E-state index in [9.17, 15) is 9.59 Å². The molecule has 8 nitrogen and oxygen atoms in total. The Morgan fingerprint density at radius 1 is 1.46 bits per heavy atom. The van der Waals surface area contributed by atoms with Gasteiger partial charge < -0.3 is 5.32 Å². The van der Waals surface area contributed by atoms with Gasteiger partial charge in [-0.15, -0.1) is 10.2 Å². The molecule has 2 aromatic heterocycles. The van der Waals surface area contributed by atoms with Gasteiger partial charge in [0, 0.05) is 31.4 Å². The molecular weight excluding hydrogens is 328 g/mol. The normalized spacial score (nSPS) is 17.5. The zero-order chi connectivity index (χ0) is 17.1. The minimum Gasteiger partial charge on any atom is -0.354 e. The average molecular weight is 348 g/mol. The maximum atomic E-state index is 12.3. The molecule has 1 aliphatic heterocycles. The van der Waals surface area contributed by atoms with Gasteiger partial charge in [-0.3, -0.25) is 19.2 Å². The molecule has 1 fully saturated rings. The molecule has 0 aliphatic carbocycles. The lowest BCUT2D eigenvalue weighted by atomic mass is 10.1. The van der Waals surface area contributed by atoms with Crippen LogP contribution in [0.2, 0.25) is 0 Å². The Hall–Kier alpha value is -2.29. The zero-order valence-electron chi connectivity index (χ0n) is 13.7. The first-order valence-corrected chi connectivity index (χ1v) is 8.79. The summed E-state index contributed by atoms with van der Waals surface area (Å²) in [5, 5.41) is 16.6. The van der Waals surface area contributed by atoms with Crippen LogP contribution in [0.3, 0.4) is 0 Å². The third-order valence-corrected chi connectivity index (χ3v) is 5.13. The summed E-state index contributed by atoms with van der Waals surface area (Å²) in [7, 11) is 0. The second-order valence-electron chi connectivity index (χ2n) is 5.72. The van der Waals surface area contributed by atoms with Crippen LogP contribution < -0.4 is 10.2 Å². The summed E-state index contributed by atoms with van der Waals surface area (Å²) < 4.78 is 1.83. The molecule has 9 heteroatoms. The fraction of sp³-hybridized carbons (Fsp3) is 0.533. The van der Waals surface area contributed by atoms with E-state index in [1.807, 2.05) is 24.6 Å². The summed E-state index contributed by atoms with van der Waals surface area (Å²) in [4.78, 5) is 26.0. The van der Waals surface area contributed by atoms with E-state index in [1.54, 1.807) is 11.1 Å². The molecule has 0 radical (unpaired) electrons. The van der Waals surface area contributed by atoms with Crippen molar-refractivity contribution < 1.29 is 9.59 Å². The molecule has 1 N–H and O–H groups in total. The summed E-state index contributed by atoms with van der Waals surface area (Å²) in [6, 6.07) is 1.92. The van der Waals surface area contributed by atoms with Crippen LogP contribution in [0.15, 0.2) is 12.3 Å². The molecule has 2 aromatic rings. The van der Waals surface area contributed by atoms with Crippen molar-refractivity contribution in [2.45, 2.75) is 33.2 Å². The number of amides is 2. The molecule has 3 heterocycles. The topological polar surface area (TPSA) is 93.0 Å². The fourth-order valence-electron chi connectivity index (χ4n) is 2.63. The molecule has 0 spiro atoms. The van der Waals surface area contributed by atoms with Gasteiger partial charge in [0.05, 0.1) is 12.5 Å². The second kappa shape index (κ2) is 7.08. The van der Waals surface area contributed by atoms with Gasteiger partial charge in [0.15, 0.2) is 0 Å². The summed E-state index contributed by atoms with van der Waals surface area (Å²) in [5.41, 5.74) is 1.05. The van der Waals surface area contributed by atoms with Gasteiger partial charge in [-0.2, -0.15) is 5.10 Å². The van der Waals surface area contributed by atoms with Crippen LogP contribution in [0.25, 0.3) is 0 Å². The molecule has 3 rings (SSSR count). The number of nitrogens with zero attached hydrogens (tertiary/aromatic N) is 5. The van der Waals surface area contributed by atoms with Crippen molar-refractivity contribution in [2.24, 2.45) is 5.92 Å². The molecule has 1 aliphatic rings. The number of anilines is 1. The van der Waals surface area contributed by atoms with E-state index in [-0.39, 0.29) is 24.2 Å². The van der Waals surface area contributed by atoms with Gasteiger partial charge in [-0.1, -0.05) is 18.3 Å². The molecule has 1 unspecified atom stereocenters. The lowest BCUT2D eigenvalue weighted by Crippen LogP contribution is -2.35. The summed E-state index contributed by atoms with van der Waals surface area (Å²) in [6.45, 7) is 5.43. The molecular formula is C15H20N6O2S. The highest BCUT2D eigenvalue weighted by Crippen LogP contribution is 2.28. The van der Waals surface area contributed by atoms with Crippen molar-refractivity contribution in [1.29, 1.82) is 0 Å². The van der Waals surface area contributed by atoms with Crippen molar-refractivity contribution in [3.05, 3.63) is 23.0 Å². The summed E-state index contributed by atoms with van der Waals surface area (Å²) in [5.74, 6) is -0.516. The lowest BCUT2D eigenvalue weighted by molar-refractivity contribution is -0.126. The maximum absolute atomic E-state index is 12.3. The van der Waals surface area contributed by atoms with E-state index in [0.29, 0.717) is 24.8 Å². The number of hydrogen-bond donors (Lipinski definition) is 1. The maximum Gasteiger partial charge on any atom is 0.229 e. The quantitative estimate of drug-likeness (QED) is 0.832. The predicted octanol–water partition coefficient (Wildman–Crippen LogP) is 0.775. The smallest absolute Gasteiger partial charge is 0.229 e. The second-order valence-corrected chi connectivity index (χ2v) is 6.76. The SMILES string of the molecule is CCc1nnc(N2CC(C(=O)NCCn3nccc3C)CC2=O)s1. The molecule has 2 amide bonds. The van der Waals surface area contributed by atoms with Crippen molar-refractivity contribution in [2.75, 3.05) is 18.0 Å². The van der Waals surface area contributed by atoms with Crippen LogP contribution in [0.5, 0.6) is 0 Å². The molecule has 1 saturated heterocycles. The number of carbonyl (C=O) groups is 2. The number of rotatable bonds is 6. The third kappa shape index (κ3) is 3.45. The largest absolute Gasteiger partial charge is 0.354 e. The van der Waals surface area contributed by atoms with Crippen molar-refractivity contribution in [3.8, 4) is 0 Å². The van der Waals surface area contributed by atoms with E-state index in [0.717, 1.165) is 17.1 Å². The first-order valence-electron chi connectivity index (χ1n) is 7.97. The van der Waals surface area contributed by atoms with Gasteiger partial charge in [-0.05, 0) is 19.4 Å². The van der Waals surface area contributed by atoms with Crippen molar-refractivity contribution >= 4 is 28.3 Å². The van der Waals surface area contributed by atoms with Gasteiger partial charge in [-0.25, -0.2) is 0 Å². The van der Waals surface area contributed by atoms with Gasteiger partial charge in [0.1, 0.15) is 5.01 Å². The number of hydrogen-bond acceptors (Lipinski definition) is 6.